The van der Waals surface area contributed by atoms with Gasteiger partial charge in [-0.15, -0.1) is 0 Å². The molecule has 0 saturated carbocycles. The van der Waals surface area contributed by atoms with Crippen LogP contribution in [0.4, 0.5) is 0 Å². The molecule has 6 nitrogen and oxygen atoms in total. The predicted octanol–water partition coefficient (Wildman–Crippen LogP) is 0.433. The number of carbonyl (C=O) groups excluding carboxylic acids is 1. The molecule has 1 aliphatic heterocycles. The van der Waals surface area contributed by atoms with Gasteiger partial charge >= 0.3 is 0 Å². The molecule has 7 heteroatoms. The fourth-order valence-corrected chi connectivity index (χ4v) is 2.54. The van der Waals surface area contributed by atoms with Gasteiger partial charge in [-0.25, -0.2) is 0 Å². The minimum absolute atomic E-state index is 0.0962. The highest BCUT2D eigenvalue weighted by Crippen LogP contribution is 2.26. The number of hydrogen-bond donors (Lipinski definition) is 1. The first-order valence-corrected chi connectivity index (χ1v) is 7.29. The van der Waals surface area contributed by atoms with Crippen molar-refractivity contribution >= 4 is 17.0 Å². The lowest BCUT2D eigenvalue weighted by Gasteiger charge is -2.35. The molecule has 3 unspecified atom stereocenters. The molecule has 1 amide bonds. The number of hydrogen-bond acceptors (Lipinski definition) is 5. The first kappa shape index (κ1) is 15.6. The summed E-state index contributed by atoms with van der Waals surface area (Å²) in [5, 5.41) is 0. The quantitative estimate of drug-likeness (QED) is 0.680. The second-order valence-corrected chi connectivity index (χ2v) is 5.50. The van der Waals surface area contributed by atoms with Crippen LogP contribution in [0.2, 0.25) is 0 Å². The Labute approximate surface area is 109 Å². The molecule has 0 radical (unpaired) electrons. The molecule has 0 aliphatic carbocycles. The molecule has 0 aromatic rings. The van der Waals surface area contributed by atoms with Crippen molar-refractivity contribution in [2.75, 3.05) is 13.2 Å². The van der Waals surface area contributed by atoms with Gasteiger partial charge in [0.2, 0.25) is 0 Å². The summed E-state index contributed by atoms with van der Waals surface area (Å²) in [5.41, 5.74) is 3.27. The molecule has 1 saturated heterocycles. The van der Waals surface area contributed by atoms with Crippen molar-refractivity contribution in [2.45, 2.75) is 50.1 Å². The molecule has 2 N–H and O–H groups in total. The molecule has 106 valence electrons. The third-order valence-corrected chi connectivity index (χ3v) is 3.84. The maximum absolute atomic E-state index is 11.5. The van der Waals surface area contributed by atoms with Crippen LogP contribution in [-0.2, 0) is 25.3 Å². The van der Waals surface area contributed by atoms with Crippen LogP contribution in [0.15, 0.2) is 0 Å². The number of primary amides is 1. The number of rotatable bonds is 7. The average molecular weight is 278 g/mol. The Morgan fingerprint density at radius 1 is 1.61 bits per heavy atom. The van der Waals surface area contributed by atoms with Crippen LogP contribution in [0.3, 0.4) is 0 Å². The Morgan fingerprint density at radius 2 is 2.33 bits per heavy atom. The highest BCUT2D eigenvalue weighted by molar-refractivity contribution is 7.79. The van der Waals surface area contributed by atoms with Crippen molar-refractivity contribution in [2.24, 2.45) is 5.73 Å². The van der Waals surface area contributed by atoms with Gasteiger partial charge in [0.15, 0.2) is 5.60 Å². The normalized spacial score (nSPS) is 27.7. The van der Waals surface area contributed by atoms with Crippen molar-refractivity contribution in [3.63, 3.8) is 0 Å². The fourth-order valence-electron chi connectivity index (χ4n) is 1.93. The second kappa shape index (κ2) is 7.18. The van der Waals surface area contributed by atoms with Gasteiger partial charge in [-0.05, 0) is 36.8 Å². The van der Waals surface area contributed by atoms with E-state index in [-0.39, 0.29) is 6.61 Å². The van der Waals surface area contributed by atoms with E-state index in [4.69, 9.17) is 15.2 Å². The lowest BCUT2D eigenvalue weighted by atomic mass is 9.94. The van der Waals surface area contributed by atoms with E-state index >= 15 is 0 Å². The van der Waals surface area contributed by atoms with Gasteiger partial charge in [0.25, 0.3) is 5.91 Å². The third kappa shape index (κ3) is 4.01. The van der Waals surface area contributed by atoms with E-state index in [1.165, 1.54) is 0 Å². The largest absolute Gasteiger partial charge is 0.770 e. The maximum atomic E-state index is 11.5. The Kier molecular flexibility index (Phi) is 6.20. The molecule has 0 aromatic heterocycles. The van der Waals surface area contributed by atoms with E-state index in [0.717, 1.165) is 12.8 Å². The molecule has 1 heterocycles. The fraction of sp³-hybridized carbons (Fsp3) is 0.909. The van der Waals surface area contributed by atoms with Crippen molar-refractivity contribution in [3.8, 4) is 0 Å². The Hall–Kier alpha value is -0.500. The van der Waals surface area contributed by atoms with Crippen LogP contribution in [-0.4, -0.2) is 38.9 Å². The lowest BCUT2D eigenvalue weighted by Crippen LogP contribution is -2.52. The molecule has 0 aromatic carbocycles. The highest BCUT2D eigenvalue weighted by Gasteiger charge is 2.40. The maximum Gasteiger partial charge on any atom is 0.252 e. The molecule has 0 bridgehead atoms. The molecule has 0 spiro atoms. The van der Waals surface area contributed by atoms with E-state index in [9.17, 15) is 13.6 Å². The van der Waals surface area contributed by atoms with Gasteiger partial charge in [0, 0.05) is 6.61 Å². The van der Waals surface area contributed by atoms with Crippen LogP contribution in [0.1, 0.15) is 39.0 Å². The number of nitrogens with two attached hydrogens (primary N) is 1. The number of ether oxygens (including phenoxy) is 2. The summed E-state index contributed by atoms with van der Waals surface area (Å²) in [5.74, 6) is -0.589. The van der Waals surface area contributed by atoms with Crippen molar-refractivity contribution < 1.29 is 23.0 Å². The molecular formula is C11H20NO5S-. The molecule has 3 atom stereocenters. The first-order valence-electron chi connectivity index (χ1n) is 6.15. The van der Waals surface area contributed by atoms with E-state index in [0.29, 0.717) is 25.9 Å². The zero-order chi connectivity index (χ0) is 13.6. The summed E-state index contributed by atoms with van der Waals surface area (Å²) in [7, 11) is 0. The molecule has 1 fully saturated rings. The lowest BCUT2D eigenvalue weighted by molar-refractivity contribution is -0.163. The zero-order valence-corrected chi connectivity index (χ0v) is 11.4. The van der Waals surface area contributed by atoms with Crippen LogP contribution < -0.4 is 5.73 Å². The summed E-state index contributed by atoms with van der Waals surface area (Å²) >= 11 is -2.32. The minimum Gasteiger partial charge on any atom is -0.770 e. The molecule has 18 heavy (non-hydrogen) atoms. The summed E-state index contributed by atoms with van der Waals surface area (Å²) in [6, 6.07) is 0. The van der Waals surface area contributed by atoms with E-state index < -0.39 is 28.0 Å². The van der Waals surface area contributed by atoms with Gasteiger partial charge in [0.1, 0.15) is 5.44 Å². The van der Waals surface area contributed by atoms with E-state index in [2.05, 4.69) is 0 Å². The van der Waals surface area contributed by atoms with E-state index in [1.807, 2.05) is 6.92 Å². The monoisotopic (exact) mass is 278 g/mol. The second-order valence-electron chi connectivity index (χ2n) is 4.45. The van der Waals surface area contributed by atoms with Crippen LogP contribution >= 0.6 is 0 Å². The summed E-state index contributed by atoms with van der Waals surface area (Å²) in [6.45, 7) is 2.22. The Balaban J connectivity index is 2.61. The Bertz CT molecular complexity index is 304. The first-order chi connectivity index (χ1) is 8.52. The van der Waals surface area contributed by atoms with Crippen LogP contribution in [0.5, 0.6) is 0 Å². The van der Waals surface area contributed by atoms with Crippen molar-refractivity contribution in [1.29, 1.82) is 0 Å². The summed E-state index contributed by atoms with van der Waals surface area (Å²) < 4.78 is 32.7. The van der Waals surface area contributed by atoms with Crippen molar-refractivity contribution in [3.05, 3.63) is 0 Å². The Morgan fingerprint density at radius 3 is 2.78 bits per heavy atom. The van der Waals surface area contributed by atoms with Gasteiger partial charge in [0.05, 0.1) is 6.61 Å². The minimum atomic E-state index is -2.32. The van der Waals surface area contributed by atoms with Crippen molar-refractivity contribution in [1.82, 2.24) is 0 Å². The van der Waals surface area contributed by atoms with Gasteiger partial charge in [-0.3, -0.25) is 9.00 Å². The number of carbonyl (C=O) groups is 1. The van der Waals surface area contributed by atoms with Gasteiger partial charge in [-0.1, -0.05) is 13.3 Å². The molecule has 1 aliphatic rings. The smallest absolute Gasteiger partial charge is 0.252 e. The predicted molar refractivity (Wildman–Crippen MR) is 65.3 cm³/mol. The molecule has 1 rings (SSSR count). The SMILES string of the molecule is CCCC(OCC1(C(N)=O)CCCCO1)S(=O)[O-]. The third-order valence-electron chi connectivity index (χ3n) is 3.04. The summed E-state index contributed by atoms with van der Waals surface area (Å²) in [4.78, 5) is 11.5. The van der Waals surface area contributed by atoms with Crippen LogP contribution in [0.25, 0.3) is 0 Å². The van der Waals surface area contributed by atoms with E-state index in [1.54, 1.807) is 0 Å². The number of amides is 1. The van der Waals surface area contributed by atoms with Gasteiger partial charge in [-0.2, -0.15) is 0 Å². The standard InChI is InChI=1S/C11H21NO5S/c1-2-5-9(18(14)15)16-8-11(10(12)13)6-3-4-7-17-11/h9H,2-8H2,1H3,(H2,12,13)(H,14,15)/p-1. The van der Waals surface area contributed by atoms with Gasteiger partial charge < -0.3 is 19.8 Å². The molecular weight excluding hydrogens is 258 g/mol. The summed E-state index contributed by atoms with van der Waals surface area (Å²) in [6.07, 6.45) is 3.26. The average Bonchev–Trinajstić information content (AvgIpc) is 2.35. The highest BCUT2D eigenvalue weighted by atomic mass is 32.2. The topological polar surface area (TPSA) is 102 Å². The van der Waals surface area contributed by atoms with Crippen LogP contribution in [0, 0.1) is 0 Å². The zero-order valence-electron chi connectivity index (χ0n) is 10.6.